The second-order valence-corrected chi connectivity index (χ2v) is 0.558. The molecule has 0 saturated carbocycles. The molecule has 6 heavy (non-hydrogen) atoms. The van der Waals surface area contributed by atoms with Crippen molar-refractivity contribution in [2.24, 2.45) is 5.84 Å². The van der Waals surface area contributed by atoms with Crippen LogP contribution < -0.4 is 11.3 Å². The third-order valence-electron chi connectivity index (χ3n) is 0.204. The zero-order valence-electron chi connectivity index (χ0n) is 3.68. The Morgan fingerprint density at radius 1 is 1.67 bits per heavy atom. The lowest BCUT2D eigenvalue weighted by atomic mass is 10.8. The van der Waals surface area contributed by atoms with Crippen molar-refractivity contribution in [3.05, 3.63) is 0 Å². The van der Waals surface area contributed by atoms with Crippen molar-refractivity contribution in [1.82, 2.24) is 5.43 Å². The normalized spacial score (nSPS) is 6.00. The zero-order valence-corrected chi connectivity index (χ0v) is 3.68. The summed E-state index contributed by atoms with van der Waals surface area (Å²) in [5.74, 6) is 4.78. The molecule has 5 N–H and O–H groups in total. The Morgan fingerprint density at radius 2 is 1.83 bits per heavy atom. The van der Waals surface area contributed by atoms with Crippen molar-refractivity contribution < 1.29 is 10.5 Å². The lowest BCUT2D eigenvalue weighted by Crippen LogP contribution is -2.20. The molecule has 0 aromatic heterocycles. The molecule has 0 aromatic carbocycles. The summed E-state index contributed by atoms with van der Waals surface area (Å²) in [7, 11) is 0. The van der Waals surface area contributed by atoms with Crippen LogP contribution in [0.2, 0.25) is 0 Å². The number of nitrogens with one attached hydrogen (secondary N) is 1. The van der Waals surface area contributed by atoms with Gasteiger partial charge in [0.1, 0.15) is 0 Å². The summed E-state index contributed by atoms with van der Waals surface area (Å²) in [5.41, 5.74) is 2.43. The van der Waals surface area contributed by atoms with Crippen LogP contribution in [0, 0.1) is 0 Å². The first kappa shape index (κ1) is 9.28. The highest BCUT2D eigenvalue weighted by Crippen LogP contribution is 1.30. The van der Waals surface area contributed by atoms with E-state index in [2.05, 4.69) is 5.43 Å². The molecular formula is C2H10N2O2. The molecule has 0 fully saturated rings. The van der Waals surface area contributed by atoms with Crippen LogP contribution in [0.3, 0.4) is 0 Å². The van der Waals surface area contributed by atoms with E-state index in [-0.39, 0.29) is 0 Å². The molecule has 0 spiro atoms. The average Bonchev–Trinajstić information content (AvgIpc) is 1.72. The minimum atomic E-state index is 0.847. The van der Waals surface area contributed by atoms with Crippen LogP contribution in [0.25, 0.3) is 0 Å². The van der Waals surface area contributed by atoms with Gasteiger partial charge in [0.2, 0.25) is 0 Å². The second kappa shape index (κ2) is 21.1. The van der Waals surface area contributed by atoms with Crippen LogP contribution in [0.5, 0.6) is 0 Å². The van der Waals surface area contributed by atoms with Crippen molar-refractivity contribution >= 4 is 0 Å². The third-order valence-corrected chi connectivity index (χ3v) is 0.204. The summed E-state index contributed by atoms with van der Waals surface area (Å²) >= 11 is 0. The predicted molar refractivity (Wildman–Crippen MR) is 23.1 cm³/mol. The maximum absolute atomic E-state index is 6.00. The molecule has 0 atom stereocenters. The van der Waals surface area contributed by atoms with Crippen LogP contribution in [0.15, 0.2) is 0 Å². The molecule has 0 amide bonds. The van der Waals surface area contributed by atoms with E-state index in [1.54, 1.807) is 0 Å². The largest absolute Gasteiger partial charge is 0.271 e. The summed E-state index contributed by atoms with van der Waals surface area (Å²) in [5, 5.41) is 12.0. The maximum atomic E-state index is 6.00. The molecule has 0 saturated heterocycles. The fourth-order valence-corrected chi connectivity index (χ4v) is 0. The summed E-state index contributed by atoms with van der Waals surface area (Å²) in [4.78, 5) is 0. The van der Waals surface area contributed by atoms with Gasteiger partial charge in [-0.3, -0.25) is 21.8 Å². The molecule has 4 heteroatoms. The molecule has 0 aliphatic carbocycles. The summed E-state index contributed by atoms with van der Waals surface area (Å²) < 4.78 is 0. The van der Waals surface area contributed by atoms with Crippen molar-refractivity contribution in [2.45, 2.75) is 6.92 Å². The van der Waals surface area contributed by atoms with Gasteiger partial charge in [0.05, 0.1) is 0 Å². The highest BCUT2D eigenvalue weighted by molar-refractivity contribution is 4.10. The predicted octanol–water partition coefficient (Wildman–Crippen LogP) is -0.513. The van der Waals surface area contributed by atoms with E-state index in [0.717, 1.165) is 6.54 Å². The topological polar surface area (TPSA) is 78.5 Å². The lowest BCUT2D eigenvalue weighted by Gasteiger charge is -1.77. The quantitative estimate of drug-likeness (QED) is 0.200. The van der Waals surface area contributed by atoms with Crippen molar-refractivity contribution in [1.29, 1.82) is 0 Å². The Kier molecular flexibility index (Phi) is 32.6. The standard InChI is InChI=1S/C2H8N2.H2O2/c1-2-4-3;1-2/h4H,2-3H2,1H3;1-2H. The first-order chi connectivity index (χ1) is 2.91. The molecule has 0 aromatic rings. The molecular weight excluding hydrogens is 84.0 g/mol. The van der Waals surface area contributed by atoms with Gasteiger partial charge in [0.25, 0.3) is 0 Å². The van der Waals surface area contributed by atoms with Crippen molar-refractivity contribution in [3.63, 3.8) is 0 Å². The average molecular weight is 94.1 g/mol. The van der Waals surface area contributed by atoms with Gasteiger partial charge in [-0.05, 0) is 0 Å². The van der Waals surface area contributed by atoms with Crippen LogP contribution in [-0.2, 0) is 0 Å². The maximum Gasteiger partial charge on any atom is 0.00689 e. The van der Waals surface area contributed by atoms with Gasteiger partial charge >= 0.3 is 0 Å². The monoisotopic (exact) mass is 94.1 g/mol. The minimum Gasteiger partial charge on any atom is -0.271 e. The van der Waals surface area contributed by atoms with Gasteiger partial charge in [-0.1, -0.05) is 6.92 Å². The summed E-state index contributed by atoms with van der Waals surface area (Å²) in [6.45, 7) is 2.79. The van der Waals surface area contributed by atoms with E-state index in [0.29, 0.717) is 0 Å². The number of hydrazine groups is 1. The fraction of sp³-hybridized carbons (Fsp3) is 1.00. The van der Waals surface area contributed by atoms with Gasteiger partial charge in [-0.15, -0.1) is 0 Å². The Morgan fingerprint density at radius 3 is 1.83 bits per heavy atom. The first-order valence-electron chi connectivity index (χ1n) is 1.55. The number of hydrogen-bond acceptors (Lipinski definition) is 4. The molecule has 0 radical (unpaired) electrons. The number of nitrogens with two attached hydrogens (primary N) is 1. The highest BCUT2D eigenvalue weighted by Gasteiger charge is 1.50. The van der Waals surface area contributed by atoms with Crippen LogP contribution in [0.1, 0.15) is 6.92 Å². The molecule has 0 unspecified atom stereocenters. The highest BCUT2D eigenvalue weighted by atomic mass is 17.0. The second-order valence-electron chi connectivity index (χ2n) is 0.558. The van der Waals surface area contributed by atoms with E-state index < -0.39 is 0 Å². The Hall–Kier alpha value is -0.160. The number of rotatable bonds is 1. The Labute approximate surface area is 36.5 Å². The van der Waals surface area contributed by atoms with Crippen LogP contribution in [-0.4, -0.2) is 17.1 Å². The molecule has 40 valence electrons. The van der Waals surface area contributed by atoms with E-state index in [1.165, 1.54) is 0 Å². The van der Waals surface area contributed by atoms with Gasteiger partial charge in [-0.25, -0.2) is 0 Å². The molecule has 4 nitrogen and oxygen atoms in total. The van der Waals surface area contributed by atoms with E-state index >= 15 is 0 Å². The van der Waals surface area contributed by atoms with E-state index in [4.69, 9.17) is 16.4 Å². The first-order valence-corrected chi connectivity index (χ1v) is 1.55. The smallest absolute Gasteiger partial charge is 0.00689 e. The van der Waals surface area contributed by atoms with Gasteiger partial charge in [-0.2, -0.15) is 0 Å². The van der Waals surface area contributed by atoms with E-state index in [1.807, 2.05) is 6.92 Å². The van der Waals surface area contributed by atoms with E-state index in [9.17, 15) is 0 Å². The number of hydrogen-bond donors (Lipinski definition) is 4. The SMILES string of the molecule is CCNN.OO. The molecule has 0 bridgehead atoms. The molecule has 0 aliphatic heterocycles. The van der Waals surface area contributed by atoms with Gasteiger partial charge < -0.3 is 0 Å². The Balaban J connectivity index is 0. The van der Waals surface area contributed by atoms with Crippen LogP contribution >= 0.6 is 0 Å². The summed E-state index contributed by atoms with van der Waals surface area (Å²) in [6, 6.07) is 0. The lowest BCUT2D eigenvalue weighted by molar-refractivity contribution is -0.176. The molecule has 0 heterocycles. The summed E-state index contributed by atoms with van der Waals surface area (Å²) in [6.07, 6.45) is 0. The third kappa shape index (κ3) is 43.9. The van der Waals surface area contributed by atoms with Crippen LogP contribution in [0.4, 0.5) is 0 Å². The van der Waals surface area contributed by atoms with Crippen molar-refractivity contribution in [2.75, 3.05) is 6.54 Å². The minimum absolute atomic E-state index is 0.847. The Bertz CT molecular complexity index is 11.5. The fourth-order valence-electron chi connectivity index (χ4n) is 0. The van der Waals surface area contributed by atoms with Gasteiger partial charge in [0, 0.05) is 6.54 Å². The molecule has 0 rings (SSSR count). The van der Waals surface area contributed by atoms with Crippen molar-refractivity contribution in [3.8, 4) is 0 Å². The zero-order chi connectivity index (χ0) is 5.41. The van der Waals surface area contributed by atoms with Gasteiger partial charge in [0.15, 0.2) is 0 Å². The molecule has 0 aliphatic rings.